The fourth-order valence-electron chi connectivity index (χ4n) is 1.00. The van der Waals surface area contributed by atoms with Crippen LogP contribution in [0, 0.1) is 6.92 Å². The Morgan fingerprint density at radius 1 is 1.40 bits per heavy atom. The van der Waals surface area contributed by atoms with Crippen molar-refractivity contribution in [3.63, 3.8) is 0 Å². The molecule has 0 atom stereocenters. The average Bonchev–Trinajstić information content (AvgIpc) is 2.17. The van der Waals surface area contributed by atoms with Crippen molar-refractivity contribution in [3.05, 3.63) is 17.8 Å². The van der Waals surface area contributed by atoms with Crippen LogP contribution in [0.15, 0.2) is 12.1 Å². The summed E-state index contributed by atoms with van der Waals surface area (Å²) >= 11 is 0. The number of carboxylic acid groups (broad SMARTS) is 1. The lowest BCUT2D eigenvalue weighted by atomic mass is 10.0. The number of likely N-dealkylation sites (N-methyl/N-ethyl adjacent to an activating group) is 1. The number of aromatic nitrogens is 2. The van der Waals surface area contributed by atoms with Gasteiger partial charge < -0.3 is 10.0 Å². The molecule has 0 bridgehead atoms. The van der Waals surface area contributed by atoms with Gasteiger partial charge in [0.15, 0.2) is 5.82 Å². The third-order valence-electron chi connectivity index (χ3n) is 2.49. The van der Waals surface area contributed by atoms with E-state index in [9.17, 15) is 4.79 Å². The molecular weight excluding hydrogens is 194 g/mol. The minimum Gasteiger partial charge on any atom is -0.480 e. The molecule has 0 amide bonds. The lowest BCUT2D eigenvalue weighted by Crippen LogP contribution is -2.48. The van der Waals surface area contributed by atoms with Crippen LogP contribution in [-0.4, -0.2) is 33.9 Å². The van der Waals surface area contributed by atoms with Gasteiger partial charge >= 0.3 is 5.97 Å². The van der Waals surface area contributed by atoms with Crippen LogP contribution < -0.4 is 4.90 Å². The fourth-order valence-corrected chi connectivity index (χ4v) is 1.00. The molecule has 0 spiro atoms. The number of hydrogen-bond acceptors (Lipinski definition) is 4. The van der Waals surface area contributed by atoms with Gasteiger partial charge in [0.25, 0.3) is 0 Å². The average molecular weight is 209 g/mol. The van der Waals surface area contributed by atoms with E-state index in [1.807, 2.05) is 6.92 Å². The molecule has 15 heavy (non-hydrogen) atoms. The van der Waals surface area contributed by atoms with Crippen molar-refractivity contribution in [1.29, 1.82) is 0 Å². The van der Waals surface area contributed by atoms with Crippen molar-refractivity contribution in [3.8, 4) is 0 Å². The number of carboxylic acids is 1. The first-order valence-electron chi connectivity index (χ1n) is 4.63. The second-order valence-corrected chi connectivity index (χ2v) is 3.96. The highest BCUT2D eigenvalue weighted by atomic mass is 16.4. The summed E-state index contributed by atoms with van der Waals surface area (Å²) in [5, 5.41) is 16.9. The van der Waals surface area contributed by atoms with Gasteiger partial charge in [-0.3, -0.25) is 0 Å². The van der Waals surface area contributed by atoms with Crippen LogP contribution in [0.5, 0.6) is 0 Å². The maximum atomic E-state index is 11.0. The quantitative estimate of drug-likeness (QED) is 0.807. The first-order valence-corrected chi connectivity index (χ1v) is 4.63. The summed E-state index contributed by atoms with van der Waals surface area (Å²) in [6.45, 7) is 5.08. The number of rotatable bonds is 3. The largest absolute Gasteiger partial charge is 0.480 e. The van der Waals surface area contributed by atoms with E-state index in [2.05, 4.69) is 10.2 Å². The molecule has 1 aromatic rings. The molecule has 0 fully saturated rings. The van der Waals surface area contributed by atoms with Crippen LogP contribution in [0.25, 0.3) is 0 Å². The second-order valence-electron chi connectivity index (χ2n) is 3.96. The summed E-state index contributed by atoms with van der Waals surface area (Å²) in [6, 6.07) is 3.56. The second kappa shape index (κ2) is 3.84. The molecule has 1 rings (SSSR count). The highest BCUT2D eigenvalue weighted by Gasteiger charge is 2.33. The number of anilines is 1. The molecule has 0 aromatic carbocycles. The van der Waals surface area contributed by atoms with Crippen LogP contribution >= 0.6 is 0 Å². The standard InChI is InChI=1S/C10H15N3O2/c1-7-5-6-8(12-11-7)13(4)10(2,3)9(14)15/h5-6H,1-4H3,(H,14,15). The lowest BCUT2D eigenvalue weighted by molar-refractivity contribution is -0.142. The number of carbonyl (C=O) groups is 1. The molecule has 5 nitrogen and oxygen atoms in total. The van der Waals surface area contributed by atoms with Crippen molar-refractivity contribution < 1.29 is 9.90 Å². The predicted molar refractivity (Wildman–Crippen MR) is 56.9 cm³/mol. The van der Waals surface area contributed by atoms with Crippen molar-refractivity contribution in [2.24, 2.45) is 0 Å². The van der Waals surface area contributed by atoms with Crippen LogP contribution in [0.4, 0.5) is 5.82 Å². The van der Waals surface area contributed by atoms with Gasteiger partial charge in [0.1, 0.15) is 5.54 Å². The van der Waals surface area contributed by atoms with Gasteiger partial charge in [0.05, 0.1) is 5.69 Å². The zero-order valence-electron chi connectivity index (χ0n) is 9.35. The molecule has 1 N–H and O–H groups in total. The zero-order chi connectivity index (χ0) is 11.6. The SMILES string of the molecule is Cc1ccc(N(C)C(C)(C)C(=O)O)nn1. The maximum absolute atomic E-state index is 11.0. The smallest absolute Gasteiger partial charge is 0.328 e. The Morgan fingerprint density at radius 2 is 2.00 bits per heavy atom. The number of aryl methyl sites for hydroxylation is 1. The maximum Gasteiger partial charge on any atom is 0.328 e. The first-order chi connectivity index (χ1) is 6.85. The molecule has 0 aliphatic heterocycles. The van der Waals surface area contributed by atoms with E-state index in [4.69, 9.17) is 5.11 Å². The van der Waals surface area contributed by atoms with E-state index in [1.165, 1.54) is 0 Å². The Kier molecular flexibility index (Phi) is 2.93. The Balaban J connectivity index is 2.99. The molecule has 82 valence electrons. The Hall–Kier alpha value is -1.65. The third kappa shape index (κ3) is 2.23. The molecular formula is C10H15N3O2. The number of aliphatic carboxylic acids is 1. The van der Waals surface area contributed by atoms with Crippen molar-refractivity contribution >= 4 is 11.8 Å². The Morgan fingerprint density at radius 3 is 2.40 bits per heavy atom. The molecule has 0 aliphatic carbocycles. The molecule has 1 aromatic heterocycles. The fraction of sp³-hybridized carbons (Fsp3) is 0.500. The van der Waals surface area contributed by atoms with Crippen LogP contribution in [0.2, 0.25) is 0 Å². The highest BCUT2D eigenvalue weighted by molar-refractivity contribution is 5.81. The van der Waals surface area contributed by atoms with Gasteiger partial charge in [0, 0.05) is 7.05 Å². The molecule has 0 radical (unpaired) electrons. The van der Waals surface area contributed by atoms with E-state index < -0.39 is 11.5 Å². The van der Waals surface area contributed by atoms with E-state index in [1.54, 1.807) is 37.9 Å². The van der Waals surface area contributed by atoms with E-state index in [0.29, 0.717) is 5.82 Å². The van der Waals surface area contributed by atoms with Gasteiger partial charge in [-0.15, -0.1) is 5.10 Å². The summed E-state index contributed by atoms with van der Waals surface area (Å²) in [6.07, 6.45) is 0. The van der Waals surface area contributed by atoms with Crippen LogP contribution in [-0.2, 0) is 4.79 Å². The number of hydrogen-bond donors (Lipinski definition) is 1. The van der Waals surface area contributed by atoms with Crippen molar-refractivity contribution in [1.82, 2.24) is 10.2 Å². The van der Waals surface area contributed by atoms with E-state index in [0.717, 1.165) is 5.69 Å². The van der Waals surface area contributed by atoms with Gasteiger partial charge in [-0.1, -0.05) is 0 Å². The summed E-state index contributed by atoms with van der Waals surface area (Å²) in [4.78, 5) is 12.6. The van der Waals surface area contributed by atoms with Gasteiger partial charge in [-0.25, -0.2) is 4.79 Å². The minimum atomic E-state index is -0.996. The third-order valence-corrected chi connectivity index (χ3v) is 2.49. The zero-order valence-corrected chi connectivity index (χ0v) is 9.35. The molecule has 0 saturated heterocycles. The number of nitrogens with zero attached hydrogens (tertiary/aromatic N) is 3. The Bertz CT molecular complexity index is 359. The molecule has 1 heterocycles. The predicted octanol–water partition coefficient (Wildman–Crippen LogP) is 1.08. The summed E-state index contributed by atoms with van der Waals surface area (Å²) < 4.78 is 0. The van der Waals surface area contributed by atoms with Gasteiger partial charge in [-0.05, 0) is 32.9 Å². The summed E-state index contributed by atoms with van der Waals surface area (Å²) in [5.74, 6) is -0.347. The Labute approximate surface area is 88.7 Å². The molecule has 0 aliphatic rings. The van der Waals surface area contributed by atoms with Crippen molar-refractivity contribution in [2.45, 2.75) is 26.3 Å². The van der Waals surface area contributed by atoms with Crippen molar-refractivity contribution in [2.75, 3.05) is 11.9 Å². The normalized spacial score (nSPS) is 11.2. The minimum absolute atomic E-state index is 0.549. The van der Waals surface area contributed by atoms with Gasteiger partial charge in [-0.2, -0.15) is 5.10 Å². The van der Waals surface area contributed by atoms with Crippen LogP contribution in [0.3, 0.4) is 0 Å². The van der Waals surface area contributed by atoms with Crippen LogP contribution in [0.1, 0.15) is 19.5 Å². The monoisotopic (exact) mass is 209 g/mol. The van der Waals surface area contributed by atoms with E-state index >= 15 is 0 Å². The molecule has 0 saturated carbocycles. The first kappa shape index (κ1) is 11.4. The topological polar surface area (TPSA) is 66.3 Å². The molecule has 0 unspecified atom stereocenters. The molecule has 5 heteroatoms. The highest BCUT2D eigenvalue weighted by Crippen LogP contribution is 2.19. The van der Waals surface area contributed by atoms with Gasteiger partial charge in [0.2, 0.25) is 0 Å². The summed E-state index contributed by atoms with van der Waals surface area (Å²) in [5.41, 5.74) is -0.190. The summed E-state index contributed by atoms with van der Waals surface area (Å²) in [7, 11) is 1.69. The van der Waals surface area contributed by atoms with E-state index in [-0.39, 0.29) is 0 Å². The lowest BCUT2D eigenvalue weighted by Gasteiger charge is -2.31.